The van der Waals surface area contributed by atoms with Gasteiger partial charge in [-0.2, -0.15) is 0 Å². The summed E-state index contributed by atoms with van der Waals surface area (Å²) in [5.74, 6) is -0.493. The smallest absolute Gasteiger partial charge is 0.348 e. The van der Waals surface area contributed by atoms with Crippen LogP contribution >= 0.6 is 11.3 Å². The molecule has 23 heavy (non-hydrogen) atoms. The number of hydrogen-bond acceptors (Lipinski definition) is 5. The van der Waals surface area contributed by atoms with E-state index < -0.39 is 0 Å². The molecule has 0 fully saturated rings. The summed E-state index contributed by atoms with van der Waals surface area (Å²) in [6, 6.07) is 10.9. The number of anilines is 1. The number of aryl methyl sites for hydroxylation is 1. The first-order valence-corrected chi connectivity index (χ1v) is 7.97. The van der Waals surface area contributed by atoms with Crippen molar-refractivity contribution in [3.8, 4) is 0 Å². The van der Waals surface area contributed by atoms with Gasteiger partial charge in [0.15, 0.2) is 5.76 Å². The second-order valence-corrected chi connectivity index (χ2v) is 6.00. The van der Waals surface area contributed by atoms with Gasteiger partial charge in [0.2, 0.25) is 0 Å². The number of rotatable bonds is 4. The topological polar surface area (TPSA) is 68.5 Å². The van der Waals surface area contributed by atoms with Gasteiger partial charge in [0, 0.05) is 5.39 Å². The van der Waals surface area contributed by atoms with E-state index >= 15 is 0 Å². The Hall–Kier alpha value is -2.60. The Morgan fingerprint density at radius 1 is 1.26 bits per heavy atom. The van der Waals surface area contributed by atoms with Crippen LogP contribution in [0, 0.1) is 6.92 Å². The summed E-state index contributed by atoms with van der Waals surface area (Å²) >= 11 is 1.19. The van der Waals surface area contributed by atoms with Crippen molar-refractivity contribution < 1.29 is 18.7 Å². The van der Waals surface area contributed by atoms with Crippen molar-refractivity contribution in [3.05, 3.63) is 52.6 Å². The molecule has 5 nitrogen and oxygen atoms in total. The number of esters is 1. The molecule has 0 unspecified atom stereocenters. The van der Waals surface area contributed by atoms with Crippen LogP contribution in [0.25, 0.3) is 11.0 Å². The predicted molar refractivity (Wildman–Crippen MR) is 89.2 cm³/mol. The monoisotopic (exact) mass is 329 g/mol. The summed E-state index contributed by atoms with van der Waals surface area (Å²) in [6.45, 7) is 3.88. The minimum atomic E-state index is -0.376. The molecule has 0 aliphatic heterocycles. The van der Waals surface area contributed by atoms with Crippen molar-refractivity contribution in [2.75, 3.05) is 11.9 Å². The van der Waals surface area contributed by atoms with E-state index in [0.29, 0.717) is 22.1 Å². The van der Waals surface area contributed by atoms with E-state index in [1.807, 2.05) is 18.2 Å². The normalized spacial score (nSPS) is 10.7. The summed E-state index contributed by atoms with van der Waals surface area (Å²) in [6.07, 6.45) is 0. The molecule has 2 aromatic heterocycles. The Morgan fingerprint density at radius 3 is 2.78 bits per heavy atom. The Bertz CT molecular complexity index is 845. The number of furan rings is 1. The van der Waals surface area contributed by atoms with Gasteiger partial charge < -0.3 is 14.5 Å². The van der Waals surface area contributed by atoms with Gasteiger partial charge in [-0.25, -0.2) is 4.79 Å². The van der Waals surface area contributed by atoms with E-state index in [1.165, 1.54) is 11.3 Å². The highest BCUT2D eigenvalue weighted by atomic mass is 32.1. The molecule has 1 N–H and O–H groups in total. The second kappa shape index (κ2) is 6.26. The van der Waals surface area contributed by atoms with Crippen molar-refractivity contribution in [3.63, 3.8) is 0 Å². The summed E-state index contributed by atoms with van der Waals surface area (Å²) in [5, 5.41) is 4.20. The van der Waals surface area contributed by atoms with Crippen molar-refractivity contribution in [1.82, 2.24) is 0 Å². The number of nitrogens with one attached hydrogen (secondary N) is 1. The SMILES string of the molecule is CCOC(=O)c1sc(NC(=O)c2cc3ccccc3o2)cc1C. The Morgan fingerprint density at radius 2 is 2.04 bits per heavy atom. The van der Waals surface area contributed by atoms with Gasteiger partial charge in [0.25, 0.3) is 5.91 Å². The largest absolute Gasteiger partial charge is 0.462 e. The number of amides is 1. The molecular formula is C17H15NO4S. The summed E-state index contributed by atoms with van der Waals surface area (Å²) in [4.78, 5) is 24.6. The van der Waals surface area contributed by atoms with E-state index in [2.05, 4.69) is 5.32 Å². The van der Waals surface area contributed by atoms with Crippen LogP contribution in [0.1, 0.15) is 32.7 Å². The zero-order valence-corrected chi connectivity index (χ0v) is 13.5. The summed E-state index contributed by atoms with van der Waals surface area (Å²) in [5.41, 5.74) is 1.43. The average molecular weight is 329 g/mol. The lowest BCUT2D eigenvalue weighted by atomic mass is 10.2. The van der Waals surface area contributed by atoms with E-state index in [-0.39, 0.29) is 17.6 Å². The van der Waals surface area contributed by atoms with Gasteiger partial charge in [-0.3, -0.25) is 4.79 Å². The number of fused-ring (bicyclic) bond motifs is 1. The van der Waals surface area contributed by atoms with Crippen LogP contribution in [-0.2, 0) is 4.74 Å². The minimum Gasteiger partial charge on any atom is -0.462 e. The van der Waals surface area contributed by atoms with Crippen LogP contribution in [0.2, 0.25) is 0 Å². The van der Waals surface area contributed by atoms with Gasteiger partial charge in [-0.1, -0.05) is 18.2 Å². The number of carbonyl (C=O) groups is 2. The van der Waals surface area contributed by atoms with Gasteiger partial charge in [0.1, 0.15) is 10.5 Å². The highest BCUT2D eigenvalue weighted by Crippen LogP contribution is 2.28. The zero-order valence-electron chi connectivity index (χ0n) is 12.7. The molecule has 1 amide bonds. The second-order valence-electron chi connectivity index (χ2n) is 4.95. The molecule has 1 aromatic carbocycles. The molecule has 0 radical (unpaired) electrons. The quantitative estimate of drug-likeness (QED) is 0.727. The van der Waals surface area contributed by atoms with Crippen LogP contribution in [0.15, 0.2) is 40.8 Å². The van der Waals surface area contributed by atoms with Crippen LogP contribution < -0.4 is 5.32 Å². The van der Waals surface area contributed by atoms with E-state index in [4.69, 9.17) is 9.15 Å². The third-order valence-corrected chi connectivity index (χ3v) is 4.40. The molecule has 0 saturated carbocycles. The van der Waals surface area contributed by atoms with Crippen LogP contribution in [0.4, 0.5) is 5.00 Å². The van der Waals surface area contributed by atoms with E-state index in [1.54, 1.807) is 32.0 Å². The van der Waals surface area contributed by atoms with Crippen LogP contribution in [0.3, 0.4) is 0 Å². The lowest BCUT2D eigenvalue weighted by Crippen LogP contribution is -2.09. The number of carbonyl (C=O) groups excluding carboxylic acids is 2. The third-order valence-electron chi connectivity index (χ3n) is 3.26. The molecule has 0 atom stereocenters. The fourth-order valence-corrected chi connectivity index (χ4v) is 3.17. The lowest BCUT2D eigenvalue weighted by Gasteiger charge is -1.99. The first kappa shape index (κ1) is 15.3. The lowest BCUT2D eigenvalue weighted by molar-refractivity contribution is 0.0531. The molecule has 0 bridgehead atoms. The molecule has 118 valence electrons. The van der Waals surface area contributed by atoms with Crippen LogP contribution in [-0.4, -0.2) is 18.5 Å². The molecule has 3 rings (SSSR count). The highest BCUT2D eigenvalue weighted by Gasteiger charge is 2.18. The first-order chi connectivity index (χ1) is 11.1. The first-order valence-electron chi connectivity index (χ1n) is 7.16. The molecule has 0 saturated heterocycles. The summed E-state index contributed by atoms with van der Waals surface area (Å²) < 4.78 is 10.5. The maximum absolute atomic E-state index is 12.3. The standard InChI is InChI=1S/C17H15NO4S/c1-3-21-17(20)15-10(2)8-14(23-15)18-16(19)13-9-11-6-4-5-7-12(11)22-13/h4-9H,3H2,1-2H3,(H,18,19). The fourth-order valence-electron chi connectivity index (χ4n) is 2.21. The van der Waals surface area contributed by atoms with Crippen molar-refractivity contribution in [2.45, 2.75) is 13.8 Å². The van der Waals surface area contributed by atoms with Crippen molar-refractivity contribution >= 4 is 39.2 Å². The van der Waals surface area contributed by atoms with E-state index in [0.717, 1.165) is 10.9 Å². The number of para-hydroxylation sites is 1. The molecule has 6 heteroatoms. The molecule has 3 aromatic rings. The van der Waals surface area contributed by atoms with Gasteiger partial charge in [-0.05, 0) is 37.6 Å². The van der Waals surface area contributed by atoms with Gasteiger partial charge in [0.05, 0.1) is 11.6 Å². The number of hydrogen-bond donors (Lipinski definition) is 1. The molecular weight excluding hydrogens is 314 g/mol. The van der Waals surface area contributed by atoms with Crippen molar-refractivity contribution in [1.29, 1.82) is 0 Å². The van der Waals surface area contributed by atoms with E-state index in [9.17, 15) is 9.59 Å². The Kier molecular flexibility index (Phi) is 4.16. The molecule has 0 aliphatic carbocycles. The highest BCUT2D eigenvalue weighted by molar-refractivity contribution is 7.18. The van der Waals surface area contributed by atoms with Gasteiger partial charge >= 0.3 is 5.97 Å². The zero-order chi connectivity index (χ0) is 16.4. The number of thiophene rings is 1. The number of benzene rings is 1. The van der Waals surface area contributed by atoms with Crippen LogP contribution in [0.5, 0.6) is 0 Å². The van der Waals surface area contributed by atoms with Gasteiger partial charge in [-0.15, -0.1) is 11.3 Å². The third kappa shape index (κ3) is 3.12. The maximum atomic E-state index is 12.3. The summed E-state index contributed by atoms with van der Waals surface area (Å²) in [7, 11) is 0. The Labute approximate surface area is 136 Å². The fraction of sp³-hybridized carbons (Fsp3) is 0.176. The molecule has 0 aliphatic rings. The molecule has 0 spiro atoms. The number of ether oxygens (including phenoxy) is 1. The maximum Gasteiger partial charge on any atom is 0.348 e. The molecule has 2 heterocycles. The van der Waals surface area contributed by atoms with Crippen molar-refractivity contribution in [2.24, 2.45) is 0 Å². The minimum absolute atomic E-state index is 0.231. The predicted octanol–water partition coefficient (Wildman–Crippen LogP) is 4.23. The average Bonchev–Trinajstić information content (AvgIpc) is 3.11. The Balaban J connectivity index is 1.80.